The van der Waals surface area contributed by atoms with E-state index in [0.717, 1.165) is 40.0 Å². The van der Waals surface area contributed by atoms with Crippen LogP contribution in [0.15, 0.2) is 6.07 Å². The number of nitrogens with zero attached hydrogens (tertiary/aromatic N) is 1. The molecular formula is C22H27NO5. The minimum Gasteiger partial charge on any atom is -0.456 e. The van der Waals surface area contributed by atoms with Crippen molar-refractivity contribution in [1.82, 2.24) is 4.90 Å². The predicted octanol–water partition coefficient (Wildman–Crippen LogP) is 2.82. The van der Waals surface area contributed by atoms with E-state index in [1.807, 2.05) is 33.8 Å². The SMILES string of the molecule is Cc1cc(C(=O)COC(=O)CN2C(=O)C3CCCCC3C2=O)c(C)c(C)c1C. The van der Waals surface area contributed by atoms with Gasteiger partial charge in [-0.3, -0.25) is 24.1 Å². The zero-order chi connectivity index (χ0) is 20.6. The zero-order valence-electron chi connectivity index (χ0n) is 17.0. The molecule has 1 saturated heterocycles. The first-order valence-electron chi connectivity index (χ1n) is 9.83. The van der Waals surface area contributed by atoms with E-state index in [9.17, 15) is 19.2 Å². The number of ether oxygens (including phenoxy) is 1. The maximum absolute atomic E-state index is 12.5. The van der Waals surface area contributed by atoms with Crippen molar-refractivity contribution in [1.29, 1.82) is 0 Å². The zero-order valence-corrected chi connectivity index (χ0v) is 17.0. The molecule has 28 heavy (non-hydrogen) atoms. The van der Waals surface area contributed by atoms with Crippen LogP contribution < -0.4 is 0 Å². The van der Waals surface area contributed by atoms with Crippen molar-refractivity contribution in [2.75, 3.05) is 13.2 Å². The average molecular weight is 385 g/mol. The number of hydrogen-bond acceptors (Lipinski definition) is 5. The van der Waals surface area contributed by atoms with Crippen LogP contribution in [0.25, 0.3) is 0 Å². The lowest BCUT2D eigenvalue weighted by Gasteiger charge is -2.19. The fraction of sp³-hybridized carbons (Fsp3) is 0.545. The Morgan fingerprint density at radius 2 is 1.54 bits per heavy atom. The number of imide groups is 1. The molecule has 2 unspecified atom stereocenters. The molecule has 2 amide bonds. The molecule has 0 aromatic heterocycles. The number of hydrogen-bond donors (Lipinski definition) is 0. The molecule has 2 aliphatic rings. The fourth-order valence-electron chi connectivity index (χ4n) is 4.29. The summed E-state index contributed by atoms with van der Waals surface area (Å²) >= 11 is 0. The number of fused-ring (bicyclic) bond motifs is 1. The molecule has 1 aromatic carbocycles. The predicted molar refractivity (Wildman–Crippen MR) is 103 cm³/mol. The third-order valence-electron chi connectivity index (χ3n) is 6.37. The third-order valence-corrected chi connectivity index (χ3v) is 6.37. The number of carbonyl (C=O) groups excluding carboxylic acids is 4. The Balaban J connectivity index is 1.61. The van der Waals surface area contributed by atoms with Gasteiger partial charge in [-0.1, -0.05) is 12.8 Å². The van der Waals surface area contributed by atoms with Gasteiger partial charge in [-0.15, -0.1) is 0 Å². The smallest absolute Gasteiger partial charge is 0.326 e. The number of esters is 1. The molecule has 0 N–H and O–H groups in total. The topological polar surface area (TPSA) is 80.8 Å². The monoisotopic (exact) mass is 385 g/mol. The lowest BCUT2D eigenvalue weighted by atomic mass is 9.81. The van der Waals surface area contributed by atoms with E-state index in [4.69, 9.17) is 4.74 Å². The van der Waals surface area contributed by atoms with Crippen LogP contribution in [0.3, 0.4) is 0 Å². The molecule has 1 aromatic rings. The number of amides is 2. The average Bonchev–Trinajstić information content (AvgIpc) is 2.92. The molecule has 1 aliphatic carbocycles. The number of ketones is 1. The number of aryl methyl sites for hydroxylation is 1. The third kappa shape index (κ3) is 3.60. The Morgan fingerprint density at radius 3 is 2.11 bits per heavy atom. The van der Waals surface area contributed by atoms with Crippen molar-refractivity contribution in [3.05, 3.63) is 33.9 Å². The number of carbonyl (C=O) groups is 4. The second-order valence-electron chi connectivity index (χ2n) is 7.96. The van der Waals surface area contributed by atoms with Gasteiger partial charge in [0.25, 0.3) is 0 Å². The summed E-state index contributed by atoms with van der Waals surface area (Å²) in [5.41, 5.74) is 4.60. The van der Waals surface area contributed by atoms with E-state index in [2.05, 4.69) is 0 Å². The minimum absolute atomic E-state index is 0.279. The van der Waals surface area contributed by atoms with Gasteiger partial charge in [-0.25, -0.2) is 0 Å². The Hall–Kier alpha value is -2.50. The molecule has 0 spiro atoms. The normalized spacial score (nSPS) is 21.6. The van der Waals surface area contributed by atoms with Gasteiger partial charge < -0.3 is 4.74 Å². The molecule has 150 valence electrons. The fourth-order valence-corrected chi connectivity index (χ4v) is 4.29. The van der Waals surface area contributed by atoms with Crippen LogP contribution in [0.1, 0.15) is 58.3 Å². The van der Waals surface area contributed by atoms with Crippen LogP contribution in [0.2, 0.25) is 0 Å². The van der Waals surface area contributed by atoms with E-state index in [1.165, 1.54) is 0 Å². The van der Waals surface area contributed by atoms with Gasteiger partial charge in [0, 0.05) is 5.56 Å². The number of rotatable bonds is 5. The Morgan fingerprint density at radius 1 is 0.964 bits per heavy atom. The van der Waals surface area contributed by atoms with E-state index in [1.54, 1.807) is 0 Å². The van der Waals surface area contributed by atoms with Crippen molar-refractivity contribution in [3.8, 4) is 0 Å². The maximum Gasteiger partial charge on any atom is 0.326 e. The van der Waals surface area contributed by atoms with Crippen molar-refractivity contribution in [3.63, 3.8) is 0 Å². The Kier molecular flexibility index (Phi) is 5.68. The summed E-state index contributed by atoms with van der Waals surface area (Å²) in [6, 6.07) is 1.81. The van der Waals surface area contributed by atoms with Crippen molar-refractivity contribution < 1.29 is 23.9 Å². The molecule has 0 radical (unpaired) electrons. The molecular weight excluding hydrogens is 358 g/mol. The molecule has 6 heteroatoms. The van der Waals surface area contributed by atoms with Crippen LogP contribution in [-0.4, -0.2) is 41.6 Å². The highest BCUT2D eigenvalue weighted by molar-refractivity contribution is 6.07. The van der Waals surface area contributed by atoms with Crippen LogP contribution in [0, 0.1) is 39.5 Å². The first-order valence-corrected chi connectivity index (χ1v) is 9.83. The van der Waals surface area contributed by atoms with Crippen LogP contribution in [-0.2, 0) is 19.1 Å². The van der Waals surface area contributed by atoms with Crippen LogP contribution >= 0.6 is 0 Å². The number of Topliss-reactive ketones (excluding diaryl/α,β-unsaturated/α-hetero) is 1. The molecule has 2 fully saturated rings. The molecule has 0 bridgehead atoms. The molecule has 6 nitrogen and oxygen atoms in total. The molecule has 1 heterocycles. The highest BCUT2D eigenvalue weighted by Gasteiger charge is 2.48. The van der Waals surface area contributed by atoms with Gasteiger partial charge in [0.2, 0.25) is 17.6 Å². The largest absolute Gasteiger partial charge is 0.456 e. The van der Waals surface area contributed by atoms with Crippen molar-refractivity contribution >= 4 is 23.6 Å². The standard InChI is InChI=1S/C22H27NO5/c1-12-9-18(15(4)14(3)13(12)2)19(24)11-28-20(25)10-23-21(26)16-7-5-6-8-17(16)22(23)27/h9,16-17H,5-8,10-11H2,1-4H3. The highest BCUT2D eigenvalue weighted by Crippen LogP contribution is 2.37. The van der Waals surface area contributed by atoms with E-state index >= 15 is 0 Å². The quantitative estimate of drug-likeness (QED) is 0.442. The van der Waals surface area contributed by atoms with Crippen LogP contribution in [0.5, 0.6) is 0 Å². The maximum atomic E-state index is 12.5. The first-order chi connectivity index (χ1) is 13.2. The summed E-state index contributed by atoms with van der Waals surface area (Å²) in [5.74, 6) is -2.16. The second-order valence-corrected chi connectivity index (χ2v) is 7.96. The second kappa shape index (κ2) is 7.86. The summed E-state index contributed by atoms with van der Waals surface area (Å²) in [4.78, 5) is 50.6. The summed E-state index contributed by atoms with van der Waals surface area (Å²) in [6.07, 6.45) is 3.26. The Bertz CT molecular complexity index is 833. The number of likely N-dealkylation sites (tertiary alicyclic amines) is 1. The van der Waals surface area contributed by atoms with Gasteiger partial charge >= 0.3 is 5.97 Å². The van der Waals surface area contributed by atoms with Crippen molar-refractivity contribution in [2.45, 2.75) is 53.4 Å². The van der Waals surface area contributed by atoms with E-state index in [-0.39, 0.29) is 29.4 Å². The first kappa shape index (κ1) is 20.2. The molecule has 3 rings (SSSR count). The minimum atomic E-state index is -0.730. The van der Waals surface area contributed by atoms with Crippen molar-refractivity contribution in [2.24, 2.45) is 11.8 Å². The molecule has 1 aliphatic heterocycles. The summed E-state index contributed by atoms with van der Waals surface area (Å²) in [7, 11) is 0. The van der Waals surface area contributed by atoms with Gasteiger partial charge in [0.1, 0.15) is 6.54 Å². The van der Waals surface area contributed by atoms with E-state index in [0.29, 0.717) is 18.4 Å². The van der Waals surface area contributed by atoms with Gasteiger partial charge in [0.15, 0.2) is 6.61 Å². The Labute approximate surface area is 165 Å². The summed E-state index contributed by atoms with van der Waals surface area (Å²) in [5, 5.41) is 0. The summed E-state index contributed by atoms with van der Waals surface area (Å²) in [6.45, 7) is 6.97. The van der Waals surface area contributed by atoms with E-state index < -0.39 is 19.1 Å². The van der Waals surface area contributed by atoms with Gasteiger partial charge in [-0.05, 0) is 68.9 Å². The van der Waals surface area contributed by atoms with Gasteiger partial charge in [0.05, 0.1) is 11.8 Å². The molecule has 1 saturated carbocycles. The highest BCUT2D eigenvalue weighted by atomic mass is 16.5. The summed E-state index contributed by atoms with van der Waals surface area (Å²) < 4.78 is 5.10. The van der Waals surface area contributed by atoms with Gasteiger partial charge in [-0.2, -0.15) is 0 Å². The number of benzene rings is 1. The van der Waals surface area contributed by atoms with Crippen LogP contribution in [0.4, 0.5) is 0 Å². The lowest BCUT2D eigenvalue weighted by molar-refractivity contribution is -0.152. The lowest BCUT2D eigenvalue weighted by Crippen LogP contribution is -2.37. The molecule has 2 atom stereocenters.